The molecule has 0 N–H and O–H groups in total. The average molecular weight is 311 g/mol. The first-order valence-electron chi connectivity index (χ1n) is 6.43. The van der Waals surface area contributed by atoms with Crippen LogP contribution < -0.4 is 4.74 Å². The molecular weight excluding hydrogens is 302 g/mol. The SMILES string of the molecule is O=C(Oc1cccc(-n2cnnn2)c1)c1cccc([N+](=O)[O-])c1. The smallest absolute Gasteiger partial charge is 0.343 e. The zero-order valence-corrected chi connectivity index (χ0v) is 11.6. The van der Waals surface area contributed by atoms with E-state index in [2.05, 4.69) is 15.5 Å². The first-order chi connectivity index (χ1) is 11.1. The number of nitro groups is 1. The standard InChI is InChI=1S/C14H9N5O4/c20-14(10-3-1-5-12(7-10)19(21)22)23-13-6-2-4-11(8-13)18-9-15-16-17-18/h1-9H. The van der Waals surface area contributed by atoms with Crippen LogP contribution in [-0.2, 0) is 0 Å². The summed E-state index contributed by atoms with van der Waals surface area (Å²) >= 11 is 0. The van der Waals surface area contributed by atoms with E-state index in [0.717, 1.165) is 6.07 Å². The van der Waals surface area contributed by atoms with Gasteiger partial charge < -0.3 is 4.74 Å². The highest BCUT2D eigenvalue weighted by Crippen LogP contribution is 2.19. The van der Waals surface area contributed by atoms with Gasteiger partial charge in [-0.3, -0.25) is 10.1 Å². The van der Waals surface area contributed by atoms with Crippen molar-refractivity contribution in [2.45, 2.75) is 0 Å². The lowest BCUT2D eigenvalue weighted by Crippen LogP contribution is -2.09. The molecule has 9 heteroatoms. The van der Waals surface area contributed by atoms with Crippen molar-refractivity contribution < 1.29 is 14.5 Å². The third-order valence-electron chi connectivity index (χ3n) is 2.93. The van der Waals surface area contributed by atoms with Crippen molar-refractivity contribution in [2.75, 3.05) is 0 Å². The predicted octanol–water partition coefficient (Wildman–Crippen LogP) is 1.79. The van der Waals surface area contributed by atoms with Crippen LogP contribution in [0.1, 0.15) is 10.4 Å². The molecule has 0 saturated heterocycles. The van der Waals surface area contributed by atoms with E-state index in [9.17, 15) is 14.9 Å². The van der Waals surface area contributed by atoms with Gasteiger partial charge in [-0.2, -0.15) is 0 Å². The lowest BCUT2D eigenvalue weighted by atomic mass is 10.2. The summed E-state index contributed by atoms with van der Waals surface area (Å²) in [4.78, 5) is 22.3. The normalized spacial score (nSPS) is 10.3. The number of esters is 1. The number of nitro benzene ring substituents is 1. The molecule has 0 radical (unpaired) electrons. The Labute approximate surface area is 129 Å². The van der Waals surface area contributed by atoms with E-state index in [0.29, 0.717) is 5.69 Å². The molecule has 1 aromatic heterocycles. The van der Waals surface area contributed by atoms with Crippen molar-refractivity contribution in [1.82, 2.24) is 20.2 Å². The van der Waals surface area contributed by atoms with Crippen molar-refractivity contribution in [3.05, 3.63) is 70.5 Å². The lowest BCUT2D eigenvalue weighted by molar-refractivity contribution is -0.384. The molecule has 3 aromatic rings. The maximum atomic E-state index is 12.1. The molecule has 0 saturated carbocycles. The summed E-state index contributed by atoms with van der Waals surface area (Å²) in [6, 6.07) is 11.9. The molecule has 3 rings (SSSR count). The molecule has 0 amide bonds. The maximum absolute atomic E-state index is 12.1. The minimum absolute atomic E-state index is 0.0898. The van der Waals surface area contributed by atoms with Crippen molar-refractivity contribution in [3.63, 3.8) is 0 Å². The third kappa shape index (κ3) is 3.18. The van der Waals surface area contributed by atoms with Crippen molar-refractivity contribution in [1.29, 1.82) is 0 Å². The molecule has 0 unspecified atom stereocenters. The topological polar surface area (TPSA) is 113 Å². The summed E-state index contributed by atoms with van der Waals surface area (Å²) in [5.74, 6) is -0.419. The Morgan fingerprint density at radius 3 is 2.74 bits per heavy atom. The second-order valence-electron chi connectivity index (χ2n) is 4.45. The molecule has 0 aliphatic carbocycles. The second-order valence-corrected chi connectivity index (χ2v) is 4.45. The Kier molecular flexibility index (Phi) is 3.75. The van der Waals surface area contributed by atoms with Crippen LogP contribution in [0.3, 0.4) is 0 Å². The molecule has 114 valence electrons. The number of carbonyl (C=O) groups is 1. The van der Waals surface area contributed by atoms with Gasteiger partial charge in [0.15, 0.2) is 0 Å². The fourth-order valence-corrected chi connectivity index (χ4v) is 1.88. The minimum Gasteiger partial charge on any atom is -0.423 e. The van der Waals surface area contributed by atoms with E-state index in [1.807, 2.05) is 0 Å². The number of ether oxygens (including phenoxy) is 1. The minimum atomic E-state index is -0.692. The number of rotatable bonds is 4. The summed E-state index contributed by atoms with van der Waals surface area (Å²) in [5, 5.41) is 21.5. The monoisotopic (exact) mass is 311 g/mol. The van der Waals surface area contributed by atoms with E-state index < -0.39 is 10.9 Å². The summed E-state index contributed by atoms with van der Waals surface area (Å²) in [7, 11) is 0. The summed E-state index contributed by atoms with van der Waals surface area (Å²) in [6.45, 7) is 0. The quantitative estimate of drug-likeness (QED) is 0.312. The Bertz CT molecular complexity index is 863. The third-order valence-corrected chi connectivity index (χ3v) is 2.93. The molecular formula is C14H9N5O4. The molecule has 0 spiro atoms. The number of tetrazole rings is 1. The number of non-ortho nitro benzene ring substituents is 1. The van der Waals surface area contributed by atoms with Crippen LogP contribution in [0.5, 0.6) is 5.75 Å². The summed E-state index contributed by atoms with van der Waals surface area (Å²) in [5.41, 5.74) is 0.522. The Hall–Kier alpha value is -3.62. The Balaban J connectivity index is 1.82. The molecule has 0 fully saturated rings. The highest BCUT2D eigenvalue weighted by atomic mass is 16.6. The highest BCUT2D eigenvalue weighted by Gasteiger charge is 2.13. The van der Waals surface area contributed by atoms with Gasteiger partial charge in [0.25, 0.3) is 5.69 Å². The van der Waals surface area contributed by atoms with Gasteiger partial charge in [-0.15, -0.1) is 5.10 Å². The zero-order chi connectivity index (χ0) is 16.2. The molecule has 0 bridgehead atoms. The first-order valence-corrected chi connectivity index (χ1v) is 6.43. The predicted molar refractivity (Wildman–Crippen MR) is 77.2 cm³/mol. The fourth-order valence-electron chi connectivity index (χ4n) is 1.88. The average Bonchev–Trinajstić information content (AvgIpc) is 3.10. The van der Waals surface area contributed by atoms with Gasteiger partial charge >= 0.3 is 5.97 Å². The lowest BCUT2D eigenvalue weighted by Gasteiger charge is -2.06. The van der Waals surface area contributed by atoms with Crippen LogP contribution in [0.4, 0.5) is 5.69 Å². The number of aromatic nitrogens is 4. The number of nitrogens with zero attached hydrogens (tertiary/aromatic N) is 5. The molecule has 0 atom stereocenters. The van der Waals surface area contributed by atoms with E-state index in [1.165, 1.54) is 29.2 Å². The molecule has 23 heavy (non-hydrogen) atoms. The maximum Gasteiger partial charge on any atom is 0.343 e. The van der Waals surface area contributed by atoms with Crippen LogP contribution in [0.25, 0.3) is 5.69 Å². The van der Waals surface area contributed by atoms with Crippen molar-refractivity contribution in [2.24, 2.45) is 0 Å². The second kappa shape index (κ2) is 6.02. The van der Waals surface area contributed by atoms with Gasteiger partial charge in [0.2, 0.25) is 0 Å². The van der Waals surface area contributed by atoms with Gasteiger partial charge in [-0.05, 0) is 28.6 Å². The van der Waals surface area contributed by atoms with Gasteiger partial charge in [0.1, 0.15) is 12.1 Å². The Morgan fingerprint density at radius 2 is 2.00 bits per heavy atom. The number of benzene rings is 2. The largest absolute Gasteiger partial charge is 0.423 e. The van der Waals surface area contributed by atoms with E-state index in [4.69, 9.17) is 4.74 Å². The number of carbonyl (C=O) groups excluding carboxylic acids is 1. The molecule has 0 aliphatic rings. The van der Waals surface area contributed by atoms with E-state index in [1.54, 1.807) is 24.3 Å². The van der Waals surface area contributed by atoms with Gasteiger partial charge in [-0.25, -0.2) is 9.48 Å². The first kappa shape index (κ1) is 14.3. The van der Waals surface area contributed by atoms with Gasteiger partial charge in [0.05, 0.1) is 16.2 Å². The molecule has 1 heterocycles. The highest BCUT2D eigenvalue weighted by molar-refractivity contribution is 5.91. The van der Waals surface area contributed by atoms with Crippen LogP contribution in [0.2, 0.25) is 0 Å². The van der Waals surface area contributed by atoms with Gasteiger partial charge in [0, 0.05) is 18.2 Å². The molecule has 9 nitrogen and oxygen atoms in total. The zero-order valence-electron chi connectivity index (χ0n) is 11.6. The van der Waals surface area contributed by atoms with Crippen LogP contribution >= 0.6 is 0 Å². The number of hydrogen-bond acceptors (Lipinski definition) is 7. The van der Waals surface area contributed by atoms with Crippen LogP contribution in [0.15, 0.2) is 54.9 Å². The van der Waals surface area contributed by atoms with Crippen LogP contribution in [0, 0.1) is 10.1 Å². The van der Waals surface area contributed by atoms with Crippen LogP contribution in [-0.4, -0.2) is 31.1 Å². The van der Waals surface area contributed by atoms with E-state index >= 15 is 0 Å². The molecule has 0 aliphatic heterocycles. The molecule has 2 aromatic carbocycles. The van der Waals surface area contributed by atoms with E-state index in [-0.39, 0.29) is 17.0 Å². The fraction of sp³-hybridized carbons (Fsp3) is 0. The van der Waals surface area contributed by atoms with Gasteiger partial charge in [-0.1, -0.05) is 12.1 Å². The number of hydrogen-bond donors (Lipinski definition) is 0. The Morgan fingerprint density at radius 1 is 1.17 bits per heavy atom. The van der Waals surface area contributed by atoms with Crippen molar-refractivity contribution in [3.8, 4) is 11.4 Å². The summed E-state index contributed by atoms with van der Waals surface area (Å²) < 4.78 is 6.64. The summed E-state index contributed by atoms with van der Waals surface area (Å²) in [6.07, 6.45) is 1.40. The van der Waals surface area contributed by atoms with Crippen molar-refractivity contribution >= 4 is 11.7 Å².